The van der Waals surface area contributed by atoms with Gasteiger partial charge in [-0.2, -0.15) is 13.2 Å². The highest BCUT2D eigenvalue weighted by atomic mass is 19.4. The molecule has 0 aromatic heterocycles. The molecule has 1 aliphatic heterocycles. The van der Waals surface area contributed by atoms with Gasteiger partial charge in [0.05, 0.1) is 19.8 Å². The van der Waals surface area contributed by atoms with E-state index in [1.54, 1.807) is 0 Å². The van der Waals surface area contributed by atoms with Crippen molar-refractivity contribution in [1.29, 1.82) is 0 Å². The zero-order valence-electron chi connectivity index (χ0n) is 9.44. The standard InChI is InChI=1S/C10H19F3N2O/c1-2-3-15-9-6-16-5-8(9)4-14-7-10(11,12)13/h8-9,14-15H,2-7H2,1H3. The van der Waals surface area contributed by atoms with Gasteiger partial charge in [0.2, 0.25) is 0 Å². The fraction of sp³-hybridized carbons (Fsp3) is 1.00. The fourth-order valence-corrected chi connectivity index (χ4v) is 1.75. The van der Waals surface area contributed by atoms with E-state index in [1.807, 2.05) is 0 Å². The highest BCUT2D eigenvalue weighted by molar-refractivity contribution is 4.82. The zero-order valence-corrected chi connectivity index (χ0v) is 9.44. The molecule has 96 valence electrons. The maximum atomic E-state index is 11.9. The van der Waals surface area contributed by atoms with Gasteiger partial charge < -0.3 is 15.4 Å². The average molecular weight is 240 g/mol. The van der Waals surface area contributed by atoms with Crippen LogP contribution in [0.5, 0.6) is 0 Å². The minimum atomic E-state index is -4.13. The molecular formula is C10H19F3N2O. The summed E-state index contributed by atoms with van der Waals surface area (Å²) in [5.41, 5.74) is 0. The Labute approximate surface area is 93.7 Å². The molecule has 6 heteroatoms. The van der Waals surface area contributed by atoms with Gasteiger partial charge in [-0.3, -0.25) is 0 Å². The molecule has 0 bridgehead atoms. The summed E-state index contributed by atoms with van der Waals surface area (Å²) in [5.74, 6) is 0.133. The van der Waals surface area contributed by atoms with Crippen molar-refractivity contribution in [3.05, 3.63) is 0 Å². The molecule has 1 heterocycles. The van der Waals surface area contributed by atoms with E-state index in [0.29, 0.717) is 19.8 Å². The summed E-state index contributed by atoms with van der Waals surface area (Å²) in [6.45, 7) is 3.49. The largest absolute Gasteiger partial charge is 0.401 e. The van der Waals surface area contributed by atoms with Crippen LogP contribution in [0.15, 0.2) is 0 Å². The molecule has 2 unspecified atom stereocenters. The van der Waals surface area contributed by atoms with Crippen LogP contribution in [0.3, 0.4) is 0 Å². The third-order valence-corrected chi connectivity index (χ3v) is 2.59. The highest BCUT2D eigenvalue weighted by Gasteiger charge is 2.30. The maximum Gasteiger partial charge on any atom is 0.401 e. The Kier molecular flexibility index (Phi) is 5.51. The van der Waals surface area contributed by atoms with Crippen molar-refractivity contribution in [2.24, 2.45) is 5.92 Å². The molecule has 0 amide bonds. The third-order valence-electron chi connectivity index (χ3n) is 2.59. The van der Waals surface area contributed by atoms with Gasteiger partial charge in [-0.1, -0.05) is 6.92 Å². The molecule has 0 aromatic carbocycles. The van der Waals surface area contributed by atoms with Crippen LogP contribution in [0.4, 0.5) is 13.2 Å². The van der Waals surface area contributed by atoms with Crippen LogP contribution < -0.4 is 10.6 Å². The van der Waals surface area contributed by atoms with E-state index in [0.717, 1.165) is 13.0 Å². The van der Waals surface area contributed by atoms with Gasteiger partial charge in [0.25, 0.3) is 0 Å². The molecule has 2 atom stereocenters. The van der Waals surface area contributed by atoms with Gasteiger partial charge >= 0.3 is 6.18 Å². The Morgan fingerprint density at radius 1 is 1.31 bits per heavy atom. The predicted octanol–water partition coefficient (Wildman–Crippen LogP) is 1.15. The summed E-state index contributed by atoms with van der Waals surface area (Å²) in [5, 5.41) is 5.71. The smallest absolute Gasteiger partial charge is 0.379 e. The van der Waals surface area contributed by atoms with E-state index >= 15 is 0 Å². The number of hydrogen-bond acceptors (Lipinski definition) is 3. The second-order valence-electron chi connectivity index (χ2n) is 4.10. The summed E-state index contributed by atoms with van der Waals surface area (Å²) >= 11 is 0. The van der Waals surface area contributed by atoms with E-state index in [2.05, 4.69) is 17.6 Å². The first-order chi connectivity index (χ1) is 7.53. The lowest BCUT2D eigenvalue weighted by molar-refractivity contribution is -0.125. The molecule has 0 saturated carbocycles. The van der Waals surface area contributed by atoms with E-state index in [9.17, 15) is 13.2 Å². The number of halogens is 3. The van der Waals surface area contributed by atoms with E-state index in [-0.39, 0.29) is 12.0 Å². The number of ether oxygens (including phenoxy) is 1. The van der Waals surface area contributed by atoms with Gasteiger partial charge in [-0.05, 0) is 13.0 Å². The highest BCUT2D eigenvalue weighted by Crippen LogP contribution is 2.15. The average Bonchev–Trinajstić information content (AvgIpc) is 2.60. The van der Waals surface area contributed by atoms with Crippen LogP contribution in [0.1, 0.15) is 13.3 Å². The van der Waals surface area contributed by atoms with Crippen LogP contribution in [-0.2, 0) is 4.74 Å². The molecule has 0 aliphatic carbocycles. The van der Waals surface area contributed by atoms with Crippen molar-refractivity contribution < 1.29 is 17.9 Å². The van der Waals surface area contributed by atoms with Gasteiger partial charge in [0.1, 0.15) is 0 Å². The molecule has 1 aliphatic rings. The molecule has 1 rings (SSSR count). The topological polar surface area (TPSA) is 33.3 Å². The van der Waals surface area contributed by atoms with Crippen molar-refractivity contribution in [3.8, 4) is 0 Å². The first kappa shape index (κ1) is 13.7. The summed E-state index contributed by atoms with van der Waals surface area (Å²) in [4.78, 5) is 0. The van der Waals surface area contributed by atoms with Crippen molar-refractivity contribution in [2.75, 3.05) is 32.8 Å². The first-order valence-corrected chi connectivity index (χ1v) is 5.61. The zero-order chi connectivity index (χ0) is 12.0. The minimum absolute atomic E-state index is 0.133. The van der Waals surface area contributed by atoms with Crippen molar-refractivity contribution in [1.82, 2.24) is 10.6 Å². The van der Waals surface area contributed by atoms with Crippen LogP contribution >= 0.6 is 0 Å². The van der Waals surface area contributed by atoms with Crippen molar-refractivity contribution >= 4 is 0 Å². The summed E-state index contributed by atoms with van der Waals surface area (Å²) in [7, 11) is 0. The Bertz CT molecular complexity index is 199. The first-order valence-electron chi connectivity index (χ1n) is 5.61. The van der Waals surface area contributed by atoms with Crippen LogP contribution in [-0.4, -0.2) is 45.1 Å². The Hall–Kier alpha value is -0.330. The molecule has 3 nitrogen and oxygen atoms in total. The molecule has 1 fully saturated rings. The van der Waals surface area contributed by atoms with Crippen molar-refractivity contribution in [3.63, 3.8) is 0 Å². The molecule has 16 heavy (non-hydrogen) atoms. The molecule has 1 saturated heterocycles. The van der Waals surface area contributed by atoms with E-state index in [4.69, 9.17) is 4.74 Å². The lowest BCUT2D eigenvalue weighted by Gasteiger charge is -2.19. The van der Waals surface area contributed by atoms with Gasteiger partial charge in [-0.15, -0.1) is 0 Å². The second-order valence-corrected chi connectivity index (χ2v) is 4.10. The van der Waals surface area contributed by atoms with Crippen LogP contribution in [0.2, 0.25) is 0 Å². The lowest BCUT2D eigenvalue weighted by atomic mass is 10.0. The lowest BCUT2D eigenvalue weighted by Crippen LogP contribution is -2.42. The van der Waals surface area contributed by atoms with Gasteiger partial charge in [0, 0.05) is 18.5 Å². The molecule has 0 radical (unpaired) electrons. The Morgan fingerprint density at radius 3 is 2.69 bits per heavy atom. The predicted molar refractivity (Wildman–Crippen MR) is 55.3 cm³/mol. The molecular weight excluding hydrogens is 221 g/mol. The Morgan fingerprint density at radius 2 is 2.06 bits per heavy atom. The summed E-state index contributed by atoms with van der Waals surface area (Å²) in [6, 6.07) is 0.181. The number of alkyl halides is 3. The number of rotatable bonds is 6. The Balaban J connectivity index is 2.19. The summed E-state index contributed by atoms with van der Waals surface area (Å²) in [6.07, 6.45) is -3.12. The summed E-state index contributed by atoms with van der Waals surface area (Å²) < 4.78 is 41.0. The monoisotopic (exact) mass is 240 g/mol. The van der Waals surface area contributed by atoms with Gasteiger partial charge in [-0.25, -0.2) is 0 Å². The number of hydrogen-bond donors (Lipinski definition) is 2. The normalized spacial score (nSPS) is 26.2. The molecule has 0 spiro atoms. The third kappa shape index (κ3) is 5.14. The molecule has 0 aromatic rings. The van der Waals surface area contributed by atoms with Crippen molar-refractivity contribution in [2.45, 2.75) is 25.6 Å². The number of nitrogens with one attached hydrogen (secondary N) is 2. The second kappa shape index (κ2) is 6.42. The van der Waals surface area contributed by atoms with E-state index in [1.165, 1.54) is 0 Å². The van der Waals surface area contributed by atoms with Gasteiger partial charge in [0.15, 0.2) is 0 Å². The van der Waals surface area contributed by atoms with E-state index < -0.39 is 12.7 Å². The van der Waals surface area contributed by atoms with Crippen LogP contribution in [0.25, 0.3) is 0 Å². The molecule has 2 N–H and O–H groups in total. The SMILES string of the molecule is CCCNC1COCC1CNCC(F)(F)F. The fourth-order valence-electron chi connectivity index (χ4n) is 1.75. The quantitative estimate of drug-likeness (QED) is 0.730. The van der Waals surface area contributed by atoms with Crippen LogP contribution in [0, 0.1) is 5.92 Å². The minimum Gasteiger partial charge on any atom is -0.379 e. The maximum absolute atomic E-state index is 11.9.